The summed E-state index contributed by atoms with van der Waals surface area (Å²) in [6.45, 7) is 5.84. The van der Waals surface area contributed by atoms with Gasteiger partial charge in [0, 0.05) is 6.20 Å². The highest BCUT2D eigenvalue weighted by Gasteiger charge is 2.37. The van der Waals surface area contributed by atoms with E-state index in [1.807, 2.05) is 12.1 Å². The van der Waals surface area contributed by atoms with Gasteiger partial charge in [-0.1, -0.05) is 45.0 Å². The highest BCUT2D eigenvalue weighted by molar-refractivity contribution is 6.12. The van der Waals surface area contributed by atoms with E-state index in [9.17, 15) is 14.4 Å². The molecule has 0 aliphatic carbocycles. The number of benzene rings is 1. The van der Waals surface area contributed by atoms with Gasteiger partial charge in [0.2, 0.25) is 0 Å². The molecule has 0 bridgehead atoms. The molecule has 1 aromatic carbocycles. The Morgan fingerprint density at radius 1 is 1.08 bits per heavy atom. The average Bonchev–Trinajstić information content (AvgIpc) is 3.02. The number of rotatable bonds is 4. The number of carbonyl (C=O) groups excluding carboxylic acids is 2. The molecule has 1 aliphatic heterocycles. The fraction of sp³-hybridized carbons (Fsp3) is 0.316. The van der Waals surface area contributed by atoms with Crippen LogP contribution in [-0.4, -0.2) is 39.0 Å². The third kappa shape index (κ3) is 3.20. The van der Waals surface area contributed by atoms with Gasteiger partial charge in [0.25, 0.3) is 5.91 Å². The van der Waals surface area contributed by atoms with Gasteiger partial charge in [-0.05, 0) is 34.6 Å². The second-order valence-corrected chi connectivity index (χ2v) is 7.29. The lowest BCUT2D eigenvalue weighted by Crippen LogP contribution is -2.35. The average molecular weight is 340 g/mol. The predicted octanol–water partition coefficient (Wildman–Crippen LogP) is 2.88. The monoisotopic (exact) mass is 340 g/mol. The van der Waals surface area contributed by atoms with E-state index in [2.05, 4.69) is 32.9 Å². The highest BCUT2D eigenvalue weighted by Crippen LogP contribution is 2.24. The Morgan fingerprint density at radius 3 is 2.24 bits per heavy atom. The molecule has 0 spiro atoms. The van der Waals surface area contributed by atoms with Crippen LogP contribution in [-0.2, 0) is 16.6 Å². The summed E-state index contributed by atoms with van der Waals surface area (Å²) in [7, 11) is 0. The first kappa shape index (κ1) is 17.0. The largest absolute Gasteiger partial charge is 0.480 e. The lowest BCUT2D eigenvalue weighted by atomic mass is 9.86. The van der Waals surface area contributed by atoms with Crippen molar-refractivity contribution >= 4 is 17.9 Å². The van der Waals surface area contributed by atoms with Crippen molar-refractivity contribution in [3.8, 4) is 0 Å². The summed E-state index contributed by atoms with van der Waals surface area (Å²) in [6.07, 6.45) is 2.21. The minimum absolute atomic E-state index is 0.0856. The van der Waals surface area contributed by atoms with Crippen LogP contribution in [0, 0.1) is 0 Å². The topological polar surface area (TPSA) is 79.6 Å². The van der Waals surface area contributed by atoms with E-state index in [1.54, 1.807) is 12.3 Å². The van der Waals surface area contributed by atoms with Crippen LogP contribution in [0.1, 0.15) is 48.0 Å². The molecule has 0 saturated heterocycles. The van der Waals surface area contributed by atoms with E-state index in [1.165, 1.54) is 10.1 Å². The van der Waals surface area contributed by atoms with E-state index < -0.39 is 24.5 Å². The zero-order valence-corrected chi connectivity index (χ0v) is 14.4. The normalized spacial score (nSPS) is 14.1. The molecule has 0 fully saturated rings. The number of carboxylic acid groups (broad SMARTS) is 1. The third-order valence-corrected chi connectivity index (χ3v) is 4.30. The maximum absolute atomic E-state index is 12.2. The molecule has 1 aliphatic rings. The second-order valence-electron chi connectivity index (χ2n) is 7.29. The van der Waals surface area contributed by atoms with Gasteiger partial charge in [-0.3, -0.25) is 14.2 Å². The van der Waals surface area contributed by atoms with Gasteiger partial charge in [0.1, 0.15) is 12.2 Å². The predicted molar refractivity (Wildman–Crippen MR) is 91.8 cm³/mol. The summed E-state index contributed by atoms with van der Waals surface area (Å²) in [5.74, 6) is -1.78. The zero-order valence-electron chi connectivity index (χ0n) is 14.4. The minimum atomic E-state index is -1.22. The van der Waals surface area contributed by atoms with Crippen LogP contribution >= 0.6 is 0 Å². The van der Waals surface area contributed by atoms with E-state index in [-0.39, 0.29) is 11.1 Å². The number of imide groups is 1. The fourth-order valence-corrected chi connectivity index (χ4v) is 2.93. The quantitative estimate of drug-likeness (QED) is 0.928. The molecular formula is C19H20N2O4. The van der Waals surface area contributed by atoms with Crippen LogP contribution in [0.15, 0.2) is 36.5 Å². The van der Waals surface area contributed by atoms with Crippen LogP contribution in [0.4, 0.5) is 4.79 Å². The Kier molecular flexibility index (Phi) is 3.99. The Balaban J connectivity index is 1.79. The number of hydrogen-bond acceptors (Lipinski definition) is 3. The minimum Gasteiger partial charge on any atom is -0.480 e. The van der Waals surface area contributed by atoms with Crippen molar-refractivity contribution in [1.82, 2.24) is 9.47 Å². The molecule has 0 saturated carbocycles. The summed E-state index contributed by atoms with van der Waals surface area (Å²) < 4.78 is 1.23. The number of nitrogens with zero attached hydrogens (tertiary/aromatic N) is 2. The van der Waals surface area contributed by atoms with Crippen molar-refractivity contribution in [2.75, 3.05) is 6.54 Å². The maximum atomic E-state index is 12.2. The van der Waals surface area contributed by atoms with Crippen LogP contribution in [0.2, 0.25) is 0 Å². The summed E-state index contributed by atoms with van der Waals surface area (Å²) in [5, 5.41) is 8.80. The highest BCUT2D eigenvalue weighted by atomic mass is 16.4. The van der Waals surface area contributed by atoms with E-state index in [4.69, 9.17) is 5.11 Å². The first-order chi connectivity index (χ1) is 11.7. The number of amides is 2. The SMILES string of the molecule is CC(C)(C)c1ccc(Cc2cc3n(c2)C(=O)N(CC(=O)O)C3=O)cc1. The van der Waals surface area contributed by atoms with Crippen molar-refractivity contribution in [1.29, 1.82) is 0 Å². The van der Waals surface area contributed by atoms with Crippen molar-refractivity contribution in [2.45, 2.75) is 32.6 Å². The molecule has 2 amide bonds. The van der Waals surface area contributed by atoms with Crippen LogP contribution in [0.3, 0.4) is 0 Å². The molecule has 2 aromatic rings. The molecule has 2 heterocycles. The van der Waals surface area contributed by atoms with Gasteiger partial charge in [0.15, 0.2) is 0 Å². The Hall–Kier alpha value is -2.89. The molecule has 0 radical (unpaired) electrons. The number of carboxylic acids is 1. The van der Waals surface area contributed by atoms with Gasteiger partial charge >= 0.3 is 12.0 Å². The Labute approximate surface area is 145 Å². The van der Waals surface area contributed by atoms with Gasteiger partial charge in [0.05, 0.1) is 0 Å². The third-order valence-electron chi connectivity index (χ3n) is 4.30. The number of carbonyl (C=O) groups is 3. The Bertz CT molecular complexity index is 823. The number of hydrogen-bond donors (Lipinski definition) is 1. The van der Waals surface area contributed by atoms with Crippen molar-refractivity contribution in [3.05, 3.63) is 58.9 Å². The van der Waals surface area contributed by atoms with Crippen molar-refractivity contribution < 1.29 is 19.5 Å². The summed E-state index contributed by atoms with van der Waals surface area (Å²) in [6, 6.07) is 9.30. The lowest BCUT2D eigenvalue weighted by Gasteiger charge is -2.19. The van der Waals surface area contributed by atoms with Gasteiger partial charge in [-0.15, -0.1) is 0 Å². The standard InChI is InChI=1S/C19H20N2O4/c1-19(2,3)14-6-4-12(5-7-14)8-13-9-15-17(24)21(11-16(22)23)18(25)20(15)10-13/h4-7,9-10H,8,11H2,1-3H3,(H,22,23). The number of fused-ring (bicyclic) bond motifs is 1. The van der Waals surface area contributed by atoms with Crippen LogP contribution in [0.5, 0.6) is 0 Å². The molecule has 25 heavy (non-hydrogen) atoms. The molecule has 1 aromatic heterocycles. The molecule has 6 heteroatoms. The molecule has 130 valence electrons. The summed E-state index contributed by atoms with van der Waals surface area (Å²) in [4.78, 5) is 35.9. The maximum Gasteiger partial charge on any atom is 0.336 e. The summed E-state index contributed by atoms with van der Waals surface area (Å²) >= 11 is 0. The molecular weight excluding hydrogens is 320 g/mol. The lowest BCUT2D eigenvalue weighted by molar-refractivity contribution is -0.137. The van der Waals surface area contributed by atoms with Crippen LogP contribution in [0.25, 0.3) is 0 Å². The smallest absolute Gasteiger partial charge is 0.336 e. The second kappa shape index (κ2) is 5.88. The molecule has 3 rings (SSSR count). The summed E-state index contributed by atoms with van der Waals surface area (Å²) in [5.41, 5.74) is 3.47. The molecule has 0 unspecified atom stereocenters. The first-order valence-corrected chi connectivity index (χ1v) is 8.05. The first-order valence-electron chi connectivity index (χ1n) is 8.05. The van der Waals surface area contributed by atoms with E-state index in [0.717, 1.165) is 16.0 Å². The molecule has 0 atom stereocenters. The van der Waals surface area contributed by atoms with Crippen molar-refractivity contribution in [3.63, 3.8) is 0 Å². The fourth-order valence-electron chi connectivity index (χ4n) is 2.93. The van der Waals surface area contributed by atoms with Crippen LogP contribution < -0.4 is 0 Å². The molecule has 6 nitrogen and oxygen atoms in total. The van der Waals surface area contributed by atoms with Crippen molar-refractivity contribution in [2.24, 2.45) is 0 Å². The van der Waals surface area contributed by atoms with Gasteiger partial charge in [-0.2, -0.15) is 0 Å². The van der Waals surface area contributed by atoms with Gasteiger partial charge in [-0.25, -0.2) is 9.69 Å². The number of aliphatic carboxylic acids is 1. The van der Waals surface area contributed by atoms with E-state index in [0.29, 0.717) is 6.42 Å². The Morgan fingerprint density at radius 2 is 1.72 bits per heavy atom. The number of aromatic nitrogens is 1. The van der Waals surface area contributed by atoms with E-state index >= 15 is 0 Å². The van der Waals surface area contributed by atoms with Gasteiger partial charge < -0.3 is 5.11 Å². The molecule has 1 N–H and O–H groups in total. The zero-order chi connectivity index (χ0) is 18.4.